The zero-order valence-electron chi connectivity index (χ0n) is 18.3. The van der Waals surface area contributed by atoms with Gasteiger partial charge >= 0.3 is 0 Å². The van der Waals surface area contributed by atoms with Crippen molar-refractivity contribution in [3.8, 4) is 11.5 Å². The fourth-order valence-corrected chi connectivity index (χ4v) is 4.42. The highest BCUT2D eigenvalue weighted by Gasteiger charge is 2.31. The molecule has 1 saturated heterocycles. The Morgan fingerprint density at radius 3 is 2.61 bits per heavy atom. The molecule has 1 heterocycles. The third-order valence-corrected chi connectivity index (χ3v) is 5.80. The summed E-state index contributed by atoms with van der Waals surface area (Å²) in [4.78, 5) is 19.6. The number of ether oxygens (including phenoxy) is 2. The van der Waals surface area contributed by atoms with Crippen LogP contribution in [-0.2, 0) is 17.8 Å². The van der Waals surface area contributed by atoms with Gasteiger partial charge in [0.1, 0.15) is 6.61 Å². The van der Waals surface area contributed by atoms with Crippen molar-refractivity contribution in [3.05, 3.63) is 76.7 Å². The molecule has 162 valence electrons. The summed E-state index contributed by atoms with van der Waals surface area (Å²) < 4.78 is 11.8. The second kappa shape index (κ2) is 10.9. The molecule has 31 heavy (non-hydrogen) atoms. The van der Waals surface area contributed by atoms with Crippen LogP contribution in [0.5, 0.6) is 11.5 Å². The van der Waals surface area contributed by atoms with Crippen molar-refractivity contribution in [2.24, 2.45) is 4.99 Å². The van der Waals surface area contributed by atoms with E-state index >= 15 is 0 Å². The molecule has 6 heteroatoms. The van der Waals surface area contributed by atoms with E-state index < -0.39 is 0 Å². The second-order valence-corrected chi connectivity index (χ2v) is 7.90. The van der Waals surface area contributed by atoms with Crippen LogP contribution in [0, 0.1) is 0 Å². The third-order valence-electron chi connectivity index (χ3n) is 4.76. The molecule has 0 unspecified atom stereocenters. The van der Waals surface area contributed by atoms with Crippen LogP contribution >= 0.6 is 11.8 Å². The average Bonchev–Trinajstić information content (AvgIpc) is 3.07. The summed E-state index contributed by atoms with van der Waals surface area (Å²) in [6.07, 6.45) is 4.35. The summed E-state index contributed by atoms with van der Waals surface area (Å²) in [5.41, 5.74) is 2.92. The molecular weight excluding hydrogens is 408 g/mol. The molecule has 3 rings (SSSR count). The highest BCUT2D eigenvalue weighted by atomic mass is 32.2. The van der Waals surface area contributed by atoms with Gasteiger partial charge in [0.2, 0.25) is 0 Å². The fourth-order valence-electron chi connectivity index (χ4n) is 3.31. The number of likely N-dealkylation sites (N-methyl/N-ethyl adjacent to an activating group) is 1. The van der Waals surface area contributed by atoms with Crippen molar-refractivity contribution in [2.45, 2.75) is 26.9 Å². The largest absolute Gasteiger partial charge is 0.493 e. The third kappa shape index (κ3) is 5.39. The monoisotopic (exact) mass is 436 g/mol. The van der Waals surface area contributed by atoms with Crippen LogP contribution in [-0.4, -0.2) is 36.2 Å². The maximum atomic E-state index is 12.8. The quantitative estimate of drug-likeness (QED) is 0.395. The number of amidine groups is 1. The number of benzene rings is 2. The van der Waals surface area contributed by atoms with E-state index in [0.29, 0.717) is 42.5 Å². The molecule has 0 saturated carbocycles. The van der Waals surface area contributed by atoms with Crippen molar-refractivity contribution in [3.63, 3.8) is 0 Å². The van der Waals surface area contributed by atoms with Crippen molar-refractivity contribution in [2.75, 3.05) is 20.2 Å². The van der Waals surface area contributed by atoms with Gasteiger partial charge in [-0.25, -0.2) is 0 Å². The number of carbonyl (C=O) groups is 1. The minimum absolute atomic E-state index is 0.0201. The van der Waals surface area contributed by atoms with Gasteiger partial charge in [0.05, 0.1) is 12.0 Å². The SMILES string of the molecule is C=CCc1cc(/C=C2\SC(=NCC)N(CC)C2=O)cc(OC)c1OCc1ccccc1. The van der Waals surface area contributed by atoms with Crippen molar-refractivity contribution in [1.29, 1.82) is 0 Å². The molecule has 0 bridgehead atoms. The smallest absolute Gasteiger partial charge is 0.266 e. The number of hydrogen-bond donors (Lipinski definition) is 0. The zero-order valence-corrected chi connectivity index (χ0v) is 19.1. The van der Waals surface area contributed by atoms with Crippen LogP contribution in [0.25, 0.3) is 6.08 Å². The minimum Gasteiger partial charge on any atom is -0.493 e. The van der Waals surface area contributed by atoms with Gasteiger partial charge in [-0.05, 0) is 61.4 Å². The fraction of sp³-hybridized carbons (Fsp3) is 0.280. The van der Waals surface area contributed by atoms with E-state index in [-0.39, 0.29) is 5.91 Å². The minimum atomic E-state index is -0.0201. The van der Waals surface area contributed by atoms with Crippen molar-refractivity contribution >= 4 is 28.9 Å². The van der Waals surface area contributed by atoms with Crippen molar-refractivity contribution in [1.82, 2.24) is 4.90 Å². The molecule has 5 nitrogen and oxygen atoms in total. The molecule has 1 amide bonds. The molecule has 0 aromatic heterocycles. The number of thioether (sulfide) groups is 1. The van der Waals surface area contributed by atoms with Crippen LogP contribution < -0.4 is 9.47 Å². The molecule has 1 fully saturated rings. The number of carbonyl (C=O) groups excluding carboxylic acids is 1. The van der Waals surface area contributed by atoms with Gasteiger partial charge in [-0.2, -0.15) is 0 Å². The van der Waals surface area contributed by atoms with Gasteiger partial charge in [-0.15, -0.1) is 6.58 Å². The predicted molar refractivity (Wildman–Crippen MR) is 129 cm³/mol. The molecule has 2 aromatic rings. The number of amides is 1. The van der Waals surface area contributed by atoms with E-state index in [1.54, 1.807) is 12.0 Å². The molecule has 0 atom stereocenters. The van der Waals surface area contributed by atoms with Crippen LogP contribution in [0.2, 0.25) is 0 Å². The lowest BCUT2D eigenvalue weighted by atomic mass is 10.0. The number of nitrogens with zero attached hydrogens (tertiary/aromatic N) is 2. The highest BCUT2D eigenvalue weighted by molar-refractivity contribution is 8.18. The van der Waals surface area contributed by atoms with E-state index in [0.717, 1.165) is 21.9 Å². The van der Waals surface area contributed by atoms with Crippen LogP contribution in [0.3, 0.4) is 0 Å². The maximum absolute atomic E-state index is 12.8. The van der Waals surface area contributed by atoms with E-state index in [1.165, 1.54) is 11.8 Å². The molecular formula is C25H28N2O3S. The number of rotatable bonds is 9. The lowest BCUT2D eigenvalue weighted by molar-refractivity contribution is -0.122. The Hall–Kier alpha value is -2.99. The highest BCUT2D eigenvalue weighted by Crippen LogP contribution is 2.37. The first-order valence-corrected chi connectivity index (χ1v) is 11.2. The summed E-state index contributed by atoms with van der Waals surface area (Å²) in [7, 11) is 1.62. The number of aliphatic imine (C=N–C) groups is 1. The van der Waals surface area contributed by atoms with Crippen LogP contribution in [0.4, 0.5) is 0 Å². The normalized spacial score (nSPS) is 16.2. The van der Waals surface area contributed by atoms with Crippen LogP contribution in [0.15, 0.2) is 65.0 Å². The summed E-state index contributed by atoms with van der Waals surface area (Å²) in [6, 6.07) is 13.9. The standard InChI is InChI=1S/C25H28N2O3S/c1-5-11-20-14-19(16-22-24(28)27(7-3)25(31-22)26-6-2)15-21(29-4)23(20)30-17-18-12-9-8-10-13-18/h5,8-10,12-16H,1,6-7,11,17H2,2-4H3/b22-16-,26-25?. The van der Waals surface area contributed by atoms with Gasteiger partial charge in [-0.3, -0.25) is 14.7 Å². The van der Waals surface area contributed by atoms with Crippen LogP contribution in [0.1, 0.15) is 30.5 Å². The summed E-state index contributed by atoms with van der Waals surface area (Å²) in [6.45, 7) is 9.48. The van der Waals surface area contributed by atoms with Gasteiger partial charge in [0.25, 0.3) is 5.91 Å². The maximum Gasteiger partial charge on any atom is 0.266 e. The number of hydrogen-bond acceptors (Lipinski definition) is 5. The molecule has 0 radical (unpaired) electrons. The zero-order chi connectivity index (χ0) is 22.2. The van der Waals surface area contributed by atoms with Gasteiger partial charge in [0, 0.05) is 18.7 Å². The molecule has 0 aliphatic carbocycles. The Balaban J connectivity index is 1.94. The Labute approximate surface area is 188 Å². The van der Waals surface area contributed by atoms with Gasteiger partial charge < -0.3 is 9.47 Å². The van der Waals surface area contributed by atoms with E-state index in [9.17, 15) is 4.79 Å². The topological polar surface area (TPSA) is 51.1 Å². The Morgan fingerprint density at radius 1 is 1.19 bits per heavy atom. The summed E-state index contributed by atoms with van der Waals surface area (Å²) >= 11 is 1.41. The van der Waals surface area contributed by atoms with E-state index in [1.807, 2.05) is 68.5 Å². The number of allylic oxidation sites excluding steroid dienone is 1. The predicted octanol–water partition coefficient (Wildman–Crippen LogP) is 5.31. The lowest BCUT2D eigenvalue weighted by Gasteiger charge is -2.16. The first-order valence-electron chi connectivity index (χ1n) is 10.4. The summed E-state index contributed by atoms with van der Waals surface area (Å²) in [5, 5.41) is 0.752. The van der Waals surface area contributed by atoms with Gasteiger partial charge in [0.15, 0.2) is 16.7 Å². The first-order chi connectivity index (χ1) is 15.1. The van der Waals surface area contributed by atoms with Gasteiger partial charge in [-0.1, -0.05) is 36.4 Å². The second-order valence-electron chi connectivity index (χ2n) is 6.90. The van der Waals surface area contributed by atoms with E-state index in [2.05, 4.69) is 11.6 Å². The first kappa shape index (κ1) is 22.7. The van der Waals surface area contributed by atoms with E-state index in [4.69, 9.17) is 9.47 Å². The Kier molecular flexibility index (Phi) is 7.95. The molecule has 0 N–H and O–H groups in total. The molecule has 2 aromatic carbocycles. The molecule has 0 spiro atoms. The lowest BCUT2D eigenvalue weighted by Crippen LogP contribution is -2.28. The molecule has 1 aliphatic heterocycles. The Bertz CT molecular complexity index is 999. The number of methoxy groups -OCH3 is 1. The summed E-state index contributed by atoms with van der Waals surface area (Å²) in [5.74, 6) is 1.31. The average molecular weight is 437 g/mol. The Morgan fingerprint density at radius 2 is 1.97 bits per heavy atom. The van der Waals surface area contributed by atoms with Crippen molar-refractivity contribution < 1.29 is 14.3 Å². The molecule has 1 aliphatic rings.